The number of hydrogen-bond acceptors (Lipinski definition) is 4. The van der Waals surface area contributed by atoms with E-state index in [4.69, 9.17) is 5.11 Å². The molecule has 1 unspecified atom stereocenters. The molecule has 0 aliphatic carbocycles. The van der Waals surface area contributed by atoms with E-state index in [2.05, 4.69) is 10.2 Å². The molecule has 2 heterocycles. The van der Waals surface area contributed by atoms with E-state index in [9.17, 15) is 9.59 Å². The number of hydrogen-bond donors (Lipinski definition) is 1. The minimum atomic E-state index is -0.851. The molecule has 0 aliphatic heterocycles. The first-order valence-electron chi connectivity index (χ1n) is 7.95. The van der Waals surface area contributed by atoms with Crippen molar-refractivity contribution >= 4 is 5.97 Å². The van der Waals surface area contributed by atoms with Crippen LogP contribution >= 0.6 is 0 Å². The van der Waals surface area contributed by atoms with Gasteiger partial charge >= 0.3 is 5.97 Å². The van der Waals surface area contributed by atoms with Crippen molar-refractivity contribution in [1.82, 2.24) is 19.6 Å². The Balaban J connectivity index is 1.76. The van der Waals surface area contributed by atoms with Crippen molar-refractivity contribution in [3.05, 3.63) is 65.3 Å². The van der Waals surface area contributed by atoms with Gasteiger partial charge in [-0.15, -0.1) is 0 Å². The summed E-state index contributed by atoms with van der Waals surface area (Å²) in [4.78, 5) is 24.6. The number of aliphatic carboxylic acids is 1. The minimum Gasteiger partial charge on any atom is -0.481 e. The van der Waals surface area contributed by atoms with Crippen LogP contribution in [0.4, 0.5) is 0 Å². The Morgan fingerprint density at radius 1 is 1.12 bits per heavy atom. The Morgan fingerprint density at radius 3 is 2.40 bits per heavy atom. The first-order chi connectivity index (χ1) is 12.0. The Bertz CT molecular complexity index is 914. The van der Waals surface area contributed by atoms with E-state index in [1.165, 1.54) is 9.36 Å². The van der Waals surface area contributed by atoms with Gasteiger partial charge in [0.05, 0.1) is 24.0 Å². The van der Waals surface area contributed by atoms with Crippen molar-refractivity contribution in [2.75, 3.05) is 0 Å². The molecule has 0 bridgehead atoms. The number of aryl methyl sites for hydroxylation is 1. The molecule has 7 nitrogen and oxygen atoms in total. The molecular weight excluding hydrogens is 320 g/mol. The molecule has 1 aromatic carbocycles. The first kappa shape index (κ1) is 16.6. The highest BCUT2D eigenvalue weighted by Gasteiger charge is 2.11. The van der Waals surface area contributed by atoms with Gasteiger partial charge in [0.2, 0.25) is 0 Å². The minimum absolute atomic E-state index is 0.145. The van der Waals surface area contributed by atoms with Crippen LogP contribution in [0, 0.1) is 5.92 Å². The van der Waals surface area contributed by atoms with Crippen LogP contribution in [-0.2, 0) is 11.3 Å². The molecule has 0 saturated heterocycles. The quantitative estimate of drug-likeness (QED) is 0.744. The molecule has 0 saturated carbocycles. The zero-order valence-electron chi connectivity index (χ0n) is 13.7. The molecule has 128 valence electrons. The summed E-state index contributed by atoms with van der Waals surface area (Å²) in [6.45, 7) is 2.02. The number of aromatic nitrogens is 4. The third-order valence-corrected chi connectivity index (χ3v) is 4.07. The Morgan fingerprint density at radius 2 is 1.80 bits per heavy atom. The average Bonchev–Trinajstić information content (AvgIpc) is 3.15. The summed E-state index contributed by atoms with van der Waals surface area (Å²) in [5.74, 6) is -1.33. The lowest BCUT2D eigenvalue weighted by molar-refractivity contribution is -0.141. The standard InChI is InChI=1S/C18H18N4O3/c1-13(18(24)25)6-10-21-11-7-15(12-17(21)23)14-2-4-16(5-3-14)22-19-8-9-20-22/h2-5,7-9,11-13H,6,10H2,1H3,(H,24,25). The van der Waals surface area contributed by atoms with Crippen molar-refractivity contribution in [2.45, 2.75) is 19.9 Å². The summed E-state index contributed by atoms with van der Waals surface area (Å²) < 4.78 is 1.53. The number of carbonyl (C=O) groups is 1. The van der Waals surface area contributed by atoms with Crippen molar-refractivity contribution in [3.63, 3.8) is 0 Å². The zero-order chi connectivity index (χ0) is 17.8. The topological polar surface area (TPSA) is 90.0 Å². The van der Waals surface area contributed by atoms with E-state index in [0.717, 1.165) is 16.8 Å². The molecule has 0 amide bonds. The zero-order valence-corrected chi connectivity index (χ0v) is 13.7. The van der Waals surface area contributed by atoms with Crippen LogP contribution in [0.3, 0.4) is 0 Å². The van der Waals surface area contributed by atoms with E-state index in [1.807, 2.05) is 30.3 Å². The van der Waals surface area contributed by atoms with Crippen LogP contribution in [0.5, 0.6) is 0 Å². The predicted molar refractivity (Wildman–Crippen MR) is 92.5 cm³/mol. The fourth-order valence-corrected chi connectivity index (χ4v) is 2.46. The highest BCUT2D eigenvalue weighted by molar-refractivity contribution is 5.69. The SMILES string of the molecule is CC(CCn1ccc(-c2ccc(-n3nccn3)cc2)cc1=O)C(=O)O. The van der Waals surface area contributed by atoms with Crippen LogP contribution in [-0.4, -0.2) is 30.6 Å². The molecule has 1 N–H and O–H groups in total. The molecule has 0 aliphatic rings. The second-order valence-electron chi connectivity index (χ2n) is 5.84. The molecule has 7 heteroatoms. The molecule has 3 rings (SSSR count). The molecule has 3 aromatic rings. The molecule has 25 heavy (non-hydrogen) atoms. The molecule has 0 spiro atoms. The van der Waals surface area contributed by atoms with Gasteiger partial charge in [-0.2, -0.15) is 15.0 Å². The number of rotatable bonds is 6. The maximum Gasteiger partial charge on any atom is 0.306 e. The van der Waals surface area contributed by atoms with Crippen LogP contribution in [0.15, 0.2) is 59.8 Å². The number of nitrogens with zero attached hydrogens (tertiary/aromatic N) is 4. The number of carboxylic acids is 1. The Labute approximate surface area is 144 Å². The van der Waals surface area contributed by atoms with Gasteiger partial charge in [-0.3, -0.25) is 9.59 Å². The van der Waals surface area contributed by atoms with Crippen molar-refractivity contribution < 1.29 is 9.90 Å². The summed E-state index contributed by atoms with van der Waals surface area (Å²) >= 11 is 0. The number of pyridine rings is 1. The predicted octanol–water partition coefficient (Wildman–Crippen LogP) is 2.21. The van der Waals surface area contributed by atoms with E-state index < -0.39 is 11.9 Å². The maximum atomic E-state index is 12.2. The van der Waals surface area contributed by atoms with E-state index in [1.54, 1.807) is 31.6 Å². The first-order valence-corrected chi connectivity index (χ1v) is 7.95. The molecule has 0 fully saturated rings. The van der Waals surface area contributed by atoms with E-state index in [0.29, 0.717) is 13.0 Å². The second-order valence-corrected chi connectivity index (χ2v) is 5.84. The smallest absolute Gasteiger partial charge is 0.306 e. The second kappa shape index (κ2) is 7.12. The van der Waals surface area contributed by atoms with Gasteiger partial charge in [0.15, 0.2) is 0 Å². The normalized spacial score (nSPS) is 12.0. The van der Waals surface area contributed by atoms with Crippen molar-refractivity contribution in [2.24, 2.45) is 5.92 Å². The molecule has 0 radical (unpaired) electrons. The monoisotopic (exact) mass is 338 g/mol. The fourth-order valence-electron chi connectivity index (χ4n) is 2.46. The number of carboxylic acid groups (broad SMARTS) is 1. The maximum absolute atomic E-state index is 12.2. The summed E-state index contributed by atoms with van der Waals surface area (Å²) in [6, 6.07) is 11.0. The lowest BCUT2D eigenvalue weighted by Gasteiger charge is -2.10. The van der Waals surface area contributed by atoms with Crippen LogP contribution < -0.4 is 5.56 Å². The van der Waals surface area contributed by atoms with Gasteiger partial charge < -0.3 is 9.67 Å². The lowest BCUT2D eigenvalue weighted by Crippen LogP contribution is -2.21. The van der Waals surface area contributed by atoms with Gasteiger partial charge in [0.1, 0.15) is 0 Å². The van der Waals surface area contributed by atoms with Gasteiger partial charge in [-0.05, 0) is 35.7 Å². The summed E-state index contributed by atoms with van der Waals surface area (Å²) in [5.41, 5.74) is 2.42. The van der Waals surface area contributed by atoms with Crippen molar-refractivity contribution in [1.29, 1.82) is 0 Å². The van der Waals surface area contributed by atoms with Gasteiger partial charge in [0.25, 0.3) is 5.56 Å². The van der Waals surface area contributed by atoms with Gasteiger partial charge in [-0.25, -0.2) is 0 Å². The summed E-state index contributed by atoms with van der Waals surface area (Å²) in [7, 11) is 0. The summed E-state index contributed by atoms with van der Waals surface area (Å²) in [5, 5.41) is 17.1. The van der Waals surface area contributed by atoms with Gasteiger partial charge in [-0.1, -0.05) is 19.1 Å². The van der Waals surface area contributed by atoms with Gasteiger partial charge in [0, 0.05) is 18.8 Å². The Hall–Kier alpha value is -3.22. The Kier molecular flexibility index (Phi) is 4.74. The third kappa shape index (κ3) is 3.82. The van der Waals surface area contributed by atoms with Crippen molar-refractivity contribution in [3.8, 4) is 16.8 Å². The van der Waals surface area contributed by atoms with E-state index >= 15 is 0 Å². The third-order valence-electron chi connectivity index (χ3n) is 4.07. The van der Waals surface area contributed by atoms with Crippen LogP contribution in [0.25, 0.3) is 16.8 Å². The molecule has 2 aromatic heterocycles. The fraction of sp³-hybridized carbons (Fsp3) is 0.222. The number of benzene rings is 1. The highest BCUT2D eigenvalue weighted by Crippen LogP contribution is 2.19. The van der Waals surface area contributed by atoms with E-state index in [-0.39, 0.29) is 5.56 Å². The largest absolute Gasteiger partial charge is 0.481 e. The lowest BCUT2D eigenvalue weighted by atomic mass is 10.1. The summed E-state index contributed by atoms with van der Waals surface area (Å²) in [6.07, 6.45) is 5.34. The molecule has 1 atom stereocenters. The average molecular weight is 338 g/mol. The van der Waals surface area contributed by atoms with Crippen LogP contribution in [0.2, 0.25) is 0 Å². The van der Waals surface area contributed by atoms with Crippen LogP contribution in [0.1, 0.15) is 13.3 Å². The molecular formula is C18H18N4O3. The highest BCUT2D eigenvalue weighted by atomic mass is 16.4.